The number of ether oxygens (including phenoxy) is 1. The summed E-state index contributed by atoms with van der Waals surface area (Å²) >= 11 is 5.87. The van der Waals surface area contributed by atoms with E-state index in [2.05, 4.69) is 11.4 Å². The average molecular weight is 308 g/mol. The second-order valence-corrected chi connectivity index (χ2v) is 5.93. The Hall–Kier alpha value is -1.28. The van der Waals surface area contributed by atoms with Gasteiger partial charge in [0.25, 0.3) is 0 Å². The van der Waals surface area contributed by atoms with Crippen LogP contribution in [0.3, 0.4) is 0 Å². The van der Waals surface area contributed by atoms with E-state index in [0.717, 1.165) is 50.9 Å². The summed E-state index contributed by atoms with van der Waals surface area (Å²) in [5, 5.41) is 12.9. The van der Waals surface area contributed by atoms with Crippen molar-refractivity contribution in [2.45, 2.75) is 44.2 Å². The molecule has 114 valence electrons. The largest absolute Gasteiger partial charge is 0.384 e. The zero-order valence-corrected chi connectivity index (χ0v) is 12.9. The van der Waals surface area contributed by atoms with Gasteiger partial charge in [0.2, 0.25) is 0 Å². The number of nitrogens with zero attached hydrogens (tertiary/aromatic N) is 1. The van der Waals surface area contributed by atoms with Gasteiger partial charge in [-0.05, 0) is 50.3 Å². The molecular formula is C16H22ClN3O. The van der Waals surface area contributed by atoms with E-state index in [0.29, 0.717) is 22.7 Å². The molecule has 0 aliphatic heterocycles. The van der Waals surface area contributed by atoms with Gasteiger partial charge in [-0.1, -0.05) is 11.6 Å². The Morgan fingerprint density at radius 1 is 1.33 bits per heavy atom. The van der Waals surface area contributed by atoms with Crippen LogP contribution < -0.4 is 11.1 Å². The van der Waals surface area contributed by atoms with E-state index in [1.165, 1.54) is 0 Å². The topological polar surface area (TPSA) is 71.1 Å². The SMILES string of the molecule is N#Cc1cc(Cl)ccc1NCCCOC1CCC(N)CC1. The fourth-order valence-electron chi connectivity index (χ4n) is 2.56. The summed E-state index contributed by atoms with van der Waals surface area (Å²) in [6, 6.07) is 7.80. The van der Waals surface area contributed by atoms with E-state index < -0.39 is 0 Å². The maximum absolute atomic E-state index is 9.05. The molecule has 21 heavy (non-hydrogen) atoms. The van der Waals surface area contributed by atoms with Crippen molar-refractivity contribution < 1.29 is 4.74 Å². The smallest absolute Gasteiger partial charge is 0.101 e. The standard InChI is InChI=1S/C16H22ClN3O/c17-13-2-7-16(12(10-13)11-18)20-8-1-9-21-15-5-3-14(19)4-6-15/h2,7,10,14-15,20H,1,3-6,8-9,19H2. The Labute approximate surface area is 131 Å². The molecule has 5 heteroatoms. The number of hydrogen-bond acceptors (Lipinski definition) is 4. The highest BCUT2D eigenvalue weighted by atomic mass is 35.5. The Morgan fingerprint density at radius 3 is 2.81 bits per heavy atom. The number of halogens is 1. The molecule has 0 atom stereocenters. The molecule has 0 saturated heterocycles. The van der Waals surface area contributed by atoms with Crippen LogP contribution in [0.15, 0.2) is 18.2 Å². The minimum absolute atomic E-state index is 0.362. The molecule has 4 nitrogen and oxygen atoms in total. The van der Waals surface area contributed by atoms with E-state index >= 15 is 0 Å². The van der Waals surface area contributed by atoms with Crippen LogP contribution in [0, 0.1) is 11.3 Å². The van der Waals surface area contributed by atoms with Crippen molar-refractivity contribution in [3.05, 3.63) is 28.8 Å². The maximum atomic E-state index is 9.05. The van der Waals surface area contributed by atoms with Gasteiger partial charge in [0, 0.05) is 24.2 Å². The fraction of sp³-hybridized carbons (Fsp3) is 0.562. The molecule has 0 amide bonds. The van der Waals surface area contributed by atoms with Crippen LogP contribution in [0.1, 0.15) is 37.7 Å². The number of nitrogens with two attached hydrogens (primary N) is 1. The highest BCUT2D eigenvalue weighted by molar-refractivity contribution is 6.30. The first-order chi connectivity index (χ1) is 10.2. The highest BCUT2D eigenvalue weighted by Gasteiger charge is 2.18. The van der Waals surface area contributed by atoms with Crippen molar-refractivity contribution in [1.29, 1.82) is 5.26 Å². The molecule has 1 saturated carbocycles. The third kappa shape index (κ3) is 5.20. The van der Waals surface area contributed by atoms with Gasteiger partial charge in [-0.15, -0.1) is 0 Å². The Bertz CT molecular complexity index is 493. The van der Waals surface area contributed by atoms with Crippen molar-refractivity contribution >= 4 is 17.3 Å². The number of benzene rings is 1. The maximum Gasteiger partial charge on any atom is 0.101 e. The van der Waals surface area contributed by atoms with Crippen LogP contribution in [0.2, 0.25) is 5.02 Å². The van der Waals surface area contributed by atoms with Crippen LogP contribution in [0.4, 0.5) is 5.69 Å². The van der Waals surface area contributed by atoms with Gasteiger partial charge in [-0.3, -0.25) is 0 Å². The van der Waals surface area contributed by atoms with Crippen LogP contribution in [0.25, 0.3) is 0 Å². The van der Waals surface area contributed by atoms with Gasteiger partial charge in [0.1, 0.15) is 6.07 Å². The van der Waals surface area contributed by atoms with Gasteiger partial charge >= 0.3 is 0 Å². The van der Waals surface area contributed by atoms with Crippen molar-refractivity contribution in [2.24, 2.45) is 5.73 Å². The summed E-state index contributed by atoms with van der Waals surface area (Å²) in [5.41, 5.74) is 7.27. The van der Waals surface area contributed by atoms with E-state index in [4.69, 9.17) is 27.3 Å². The first-order valence-corrected chi connectivity index (χ1v) is 7.87. The lowest BCUT2D eigenvalue weighted by Crippen LogP contribution is -2.30. The monoisotopic (exact) mass is 307 g/mol. The summed E-state index contributed by atoms with van der Waals surface area (Å²) in [7, 11) is 0. The highest BCUT2D eigenvalue weighted by Crippen LogP contribution is 2.21. The molecule has 0 aromatic heterocycles. The van der Waals surface area contributed by atoms with Crippen LogP contribution in [-0.2, 0) is 4.74 Å². The predicted molar refractivity (Wildman–Crippen MR) is 85.5 cm³/mol. The summed E-state index contributed by atoms with van der Waals surface area (Å²) in [5.74, 6) is 0. The van der Waals surface area contributed by atoms with E-state index in [1.54, 1.807) is 12.1 Å². The normalized spacial score (nSPS) is 21.8. The predicted octanol–water partition coefficient (Wildman–Crippen LogP) is 3.30. The lowest BCUT2D eigenvalue weighted by Gasteiger charge is -2.26. The zero-order valence-electron chi connectivity index (χ0n) is 12.1. The number of nitrogens with one attached hydrogen (secondary N) is 1. The Morgan fingerprint density at radius 2 is 2.10 bits per heavy atom. The number of nitriles is 1. The lowest BCUT2D eigenvalue weighted by molar-refractivity contribution is 0.0251. The summed E-state index contributed by atoms with van der Waals surface area (Å²) < 4.78 is 5.86. The van der Waals surface area contributed by atoms with E-state index in [1.807, 2.05) is 6.07 Å². The molecule has 0 spiro atoms. The summed E-state index contributed by atoms with van der Waals surface area (Å²) in [4.78, 5) is 0. The fourth-order valence-corrected chi connectivity index (χ4v) is 2.74. The van der Waals surface area contributed by atoms with Gasteiger partial charge in [-0.25, -0.2) is 0 Å². The molecule has 1 fully saturated rings. The van der Waals surface area contributed by atoms with Crippen molar-refractivity contribution in [3.63, 3.8) is 0 Å². The third-order valence-corrected chi connectivity index (χ3v) is 4.05. The third-order valence-electron chi connectivity index (χ3n) is 3.81. The van der Waals surface area contributed by atoms with Crippen molar-refractivity contribution in [3.8, 4) is 6.07 Å². The molecule has 0 bridgehead atoms. The summed E-state index contributed by atoms with van der Waals surface area (Å²) in [6.45, 7) is 1.52. The Balaban J connectivity index is 1.65. The molecule has 0 unspecified atom stereocenters. The zero-order chi connectivity index (χ0) is 15.1. The Kier molecular flexibility index (Phi) is 6.31. The number of rotatable bonds is 6. The molecule has 1 aromatic rings. The van der Waals surface area contributed by atoms with Crippen LogP contribution in [-0.4, -0.2) is 25.3 Å². The lowest BCUT2D eigenvalue weighted by atomic mass is 9.94. The second-order valence-electron chi connectivity index (χ2n) is 5.49. The van der Waals surface area contributed by atoms with Crippen LogP contribution in [0.5, 0.6) is 0 Å². The average Bonchev–Trinajstić information content (AvgIpc) is 2.50. The molecular weight excluding hydrogens is 286 g/mol. The minimum Gasteiger partial charge on any atom is -0.384 e. The molecule has 0 radical (unpaired) electrons. The van der Waals surface area contributed by atoms with Crippen molar-refractivity contribution in [1.82, 2.24) is 0 Å². The molecule has 1 aromatic carbocycles. The number of hydrogen-bond donors (Lipinski definition) is 2. The molecule has 2 rings (SSSR count). The van der Waals surface area contributed by atoms with E-state index in [9.17, 15) is 0 Å². The van der Waals surface area contributed by atoms with Gasteiger partial charge in [0.05, 0.1) is 17.4 Å². The summed E-state index contributed by atoms with van der Waals surface area (Å²) in [6.07, 6.45) is 5.57. The molecule has 1 aliphatic carbocycles. The van der Waals surface area contributed by atoms with Crippen LogP contribution >= 0.6 is 11.6 Å². The van der Waals surface area contributed by atoms with E-state index in [-0.39, 0.29) is 0 Å². The quantitative estimate of drug-likeness (QED) is 0.791. The van der Waals surface area contributed by atoms with Gasteiger partial charge in [-0.2, -0.15) is 5.26 Å². The first kappa shape index (κ1) is 16.1. The second kappa shape index (κ2) is 8.23. The molecule has 1 aliphatic rings. The van der Waals surface area contributed by atoms with Crippen molar-refractivity contribution in [2.75, 3.05) is 18.5 Å². The minimum atomic E-state index is 0.362. The number of anilines is 1. The first-order valence-electron chi connectivity index (χ1n) is 7.49. The van der Waals surface area contributed by atoms with Gasteiger partial charge in [0.15, 0.2) is 0 Å². The molecule has 3 N–H and O–H groups in total. The van der Waals surface area contributed by atoms with Gasteiger partial charge < -0.3 is 15.8 Å². The molecule has 0 heterocycles.